The first-order valence-electron chi connectivity index (χ1n) is 5.27. The van der Waals surface area contributed by atoms with Gasteiger partial charge in [0.1, 0.15) is 0 Å². The Hall–Kier alpha value is -1.91. The van der Waals surface area contributed by atoms with Crippen LogP contribution in [0.4, 0.5) is 0 Å². The molecular formula is C13H8ClNO3. The fourth-order valence-electron chi connectivity index (χ4n) is 2.31. The molecule has 90 valence electrons. The number of hydrogen-bond donors (Lipinski definition) is 2. The van der Waals surface area contributed by atoms with E-state index in [2.05, 4.69) is 4.98 Å². The number of carboxylic acids is 1. The zero-order chi connectivity index (χ0) is 12.9. The topological polar surface area (TPSA) is 70.4 Å². The maximum Gasteiger partial charge on any atom is 0.345 e. The van der Waals surface area contributed by atoms with Crippen molar-refractivity contribution in [2.24, 2.45) is 0 Å². The highest BCUT2D eigenvalue weighted by molar-refractivity contribution is 6.30. The standard InChI is InChI=1S/C13H8ClNO3/c14-7-3-4-8-10(6-7)13(18,12(16)17)9-2-1-5-15-11(8)9/h1-6,18H,(H,16,17). The van der Waals surface area contributed by atoms with E-state index in [1.54, 1.807) is 30.5 Å². The zero-order valence-electron chi connectivity index (χ0n) is 9.09. The fourth-order valence-corrected chi connectivity index (χ4v) is 2.48. The second-order valence-electron chi connectivity index (χ2n) is 4.11. The van der Waals surface area contributed by atoms with Gasteiger partial charge in [0.15, 0.2) is 0 Å². The predicted octanol–water partition coefficient (Wildman–Crippen LogP) is 2.04. The van der Waals surface area contributed by atoms with E-state index in [-0.39, 0.29) is 11.1 Å². The summed E-state index contributed by atoms with van der Waals surface area (Å²) in [5.74, 6) is -1.34. The lowest BCUT2D eigenvalue weighted by Gasteiger charge is -2.19. The molecule has 0 saturated carbocycles. The summed E-state index contributed by atoms with van der Waals surface area (Å²) in [4.78, 5) is 15.6. The highest BCUT2D eigenvalue weighted by atomic mass is 35.5. The number of aliphatic carboxylic acids is 1. The second-order valence-corrected chi connectivity index (χ2v) is 4.54. The van der Waals surface area contributed by atoms with E-state index in [1.807, 2.05) is 0 Å². The number of carbonyl (C=O) groups is 1. The number of aromatic nitrogens is 1. The number of aliphatic hydroxyl groups is 1. The summed E-state index contributed by atoms with van der Waals surface area (Å²) in [6, 6.07) is 7.94. The van der Waals surface area contributed by atoms with Crippen molar-refractivity contribution in [3.8, 4) is 11.3 Å². The Morgan fingerprint density at radius 2 is 2.06 bits per heavy atom. The van der Waals surface area contributed by atoms with Gasteiger partial charge in [0, 0.05) is 27.9 Å². The van der Waals surface area contributed by atoms with E-state index in [4.69, 9.17) is 11.6 Å². The quantitative estimate of drug-likeness (QED) is 0.824. The Labute approximate surface area is 107 Å². The largest absolute Gasteiger partial charge is 0.479 e. The van der Waals surface area contributed by atoms with Gasteiger partial charge in [0.2, 0.25) is 5.60 Å². The molecule has 0 radical (unpaired) electrons. The molecule has 0 aliphatic heterocycles. The minimum atomic E-state index is -2.08. The van der Waals surface area contributed by atoms with Crippen LogP contribution < -0.4 is 0 Å². The molecule has 1 aliphatic carbocycles. The Bertz CT molecular complexity index is 671. The average Bonchev–Trinajstić information content (AvgIpc) is 2.61. The molecule has 0 saturated heterocycles. The first-order valence-corrected chi connectivity index (χ1v) is 5.64. The van der Waals surface area contributed by atoms with Crippen molar-refractivity contribution < 1.29 is 15.0 Å². The van der Waals surface area contributed by atoms with Crippen molar-refractivity contribution in [2.75, 3.05) is 0 Å². The monoisotopic (exact) mass is 261 g/mol. The summed E-state index contributed by atoms with van der Waals surface area (Å²) in [5.41, 5.74) is -0.468. The van der Waals surface area contributed by atoms with Crippen LogP contribution in [0.1, 0.15) is 11.1 Å². The number of hydrogen-bond acceptors (Lipinski definition) is 3. The van der Waals surface area contributed by atoms with Gasteiger partial charge in [0.05, 0.1) is 5.69 Å². The first kappa shape index (κ1) is 11.2. The molecule has 1 atom stereocenters. The maximum atomic E-state index is 11.4. The molecule has 2 N–H and O–H groups in total. The molecule has 3 rings (SSSR count). The Kier molecular flexibility index (Phi) is 2.20. The van der Waals surface area contributed by atoms with Gasteiger partial charge < -0.3 is 10.2 Å². The van der Waals surface area contributed by atoms with Crippen LogP contribution in [-0.2, 0) is 10.4 Å². The average molecular weight is 262 g/mol. The lowest BCUT2D eigenvalue weighted by molar-refractivity contribution is -0.154. The van der Waals surface area contributed by atoms with Crippen LogP contribution >= 0.6 is 11.6 Å². The number of carboxylic acid groups (broad SMARTS) is 1. The summed E-state index contributed by atoms with van der Waals surface area (Å²) in [6.45, 7) is 0. The molecule has 1 aliphatic rings. The van der Waals surface area contributed by atoms with Crippen molar-refractivity contribution in [1.29, 1.82) is 0 Å². The molecule has 1 aromatic heterocycles. The molecule has 0 amide bonds. The van der Waals surface area contributed by atoms with Crippen molar-refractivity contribution in [3.63, 3.8) is 0 Å². The maximum absolute atomic E-state index is 11.4. The van der Waals surface area contributed by atoms with Gasteiger partial charge in [-0.05, 0) is 18.2 Å². The predicted molar refractivity (Wildman–Crippen MR) is 65.3 cm³/mol. The molecule has 1 unspecified atom stereocenters. The number of nitrogens with zero attached hydrogens (tertiary/aromatic N) is 1. The third-order valence-corrected chi connectivity index (χ3v) is 3.37. The van der Waals surface area contributed by atoms with Gasteiger partial charge in [-0.3, -0.25) is 4.98 Å². The lowest BCUT2D eigenvalue weighted by Crippen LogP contribution is -2.34. The van der Waals surface area contributed by atoms with Crippen LogP contribution in [0.3, 0.4) is 0 Å². The normalized spacial score (nSPS) is 20.3. The van der Waals surface area contributed by atoms with E-state index in [9.17, 15) is 15.0 Å². The summed E-state index contributed by atoms with van der Waals surface area (Å²) in [6.07, 6.45) is 1.56. The second kappa shape index (κ2) is 3.54. The van der Waals surface area contributed by atoms with E-state index in [1.165, 1.54) is 6.07 Å². The molecule has 1 heterocycles. The number of pyridine rings is 1. The Balaban J connectivity index is 2.42. The molecule has 2 aromatic rings. The third-order valence-electron chi connectivity index (χ3n) is 3.13. The van der Waals surface area contributed by atoms with Crippen LogP contribution in [0.25, 0.3) is 11.3 Å². The summed E-state index contributed by atoms with van der Waals surface area (Å²) >= 11 is 5.87. The van der Waals surface area contributed by atoms with E-state index in [0.717, 1.165) is 0 Å². The van der Waals surface area contributed by atoms with E-state index in [0.29, 0.717) is 16.3 Å². The van der Waals surface area contributed by atoms with E-state index < -0.39 is 11.6 Å². The van der Waals surface area contributed by atoms with Gasteiger partial charge in [-0.15, -0.1) is 0 Å². The fraction of sp³-hybridized carbons (Fsp3) is 0.0769. The van der Waals surface area contributed by atoms with Crippen LogP contribution in [0, 0.1) is 0 Å². The highest BCUT2D eigenvalue weighted by Gasteiger charge is 2.49. The smallest absolute Gasteiger partial charge is 0.345 e. The van der Waals surface area contributed by atoms with E-state index >= 15 is 0 Å². The van der Waals surface area contributed by atoms with Gasteiger partial charge >= 0.3 is 5.97 Å². The molecule has 18 heavy (non-hydrogen) atoms. The summed E-state index contributed by atoms with van der Waals surface area (Å²) in [5, 5.41) is 20.2. The van der Waals surface area contributed by atoms with Crippen molar-refractivity contribution in [3.05, 3.63) is 52.7 Å². The molecule has 0 spiro atoms. The highest BCUT2D eigenvalue weighted by Crippen LogP contribution is 2.47. The minimum Gasteiger partial charge on any atom is -0.479 e. The summed E-state index contributed by atoms with van der Waals surface area (Å²) < 4.78 is 0. The Morgan fingerprint density at radius 3 is 2.78 bits per heavy atom. The molecule has 5 heteroatoms. The van der Waals surface area contributed by atoms with Gasteiger partial charge in [-0.2, -0.15) is 0 Å². The molecule has 1 aromatic carbocycles. The van der Waals surface area contributed by atoms with Gasteiger partial charge in [-0.1, -0.05) is 23.7 Å². The van der Waals surface area contributed by atoms with Crippen molar-refractivity contribution >= 4 is 17.6 Å². The number of halogens is 1. The van der Waals surface area contributed by atoms with Crippen LogP contribution in [-0.4, -0.2) is 21.2 Å². The minimum absolute atomic E-state index is 0.260. The van der Waals surface area contributed by atoms with Crippen LogP contribution in [0.5, 0.6) is 0 Å². The van der Waals surface area contributed by atoms with Crippen molar-refractivity contribution in [2.45, 2.75) is 5.60 Å². The molecule has 4 nitrogen and oxygen atoms in total. The van der Waals surface area contributed by atoms with Crippen LogP contribution in [0.15, 0.2) is 36.5 Å². The van der Waals surface area contributed by atoms with Gasteiger partial charge in [-0.25, -0.2) is 4.79 Å². The van der Waals surface area contributed by atoms with Crippen LogP contribution in [0.2, 0.25) is 5.02 Å². The zero-order valence-corrected chi connectivity index (χ0v) is 9.85. The van der Waals surface area contributed by atoms with Crippen molar-refractivity contribution in [1.82, 2.24) is 4.98 Å². The summed E-state index contributed by atoms with van der Waals surface area (Å²) in [7, 11) is 0. The Morgan fingerprint density at radius 1 is 1.28 bits per heavy atom. The number of rotatable bonds is 1. The number of fused-ring (bicyclic) bond motifs is 3. The first-order chi connectivity index (χ1) is 8.55. The SMILES string of the molecule is O=C(O)C1(O)c2cc(Cl)ccc2-c2ncccc21. The lowest BCUT2D eigenvalue weighted by atomic mass is 9.92. The molecular weight excluding hydrogens is 254 g/mol. The third kappa shape index (κ3) is 1.24. The number of benzene rings is 1. The molecule has 0 bridgehead atoms. The van der Waals surface area contributed by atoms with Gasteiger partial charge in [0.25, 0.3) is 0 Å². The molecule has 0 fully saturated rings.